The Morgan fingerprint density at radius 3 is 1.95 bits per heavy atom. The summed E-state index contributed by atoms with van der Waals surface area (Å²) in [5.41, 5.74) is 6.88. The lowest BCUT2D eigenvalue weighted by molar-refractivity contribution is 0.0575. The molecule has 1 aromatic heterocycles. The lowest BCUT2D eigenvalue weighted by atomic mass is 9.74. The Morgan fingerprint density at radius 2 is 1.20 bits per heavy atom. The molecule has 8 aromatic rings. The van der Waals surface area contributed by atoms with Crippen LogP contribution in [0.1, 0.15) is 36.5 Å². The zero-order valence-corrected chi connectivity index (χ0v) is 32.9. The monoisotopic (exact) mass is 792 g/mol. The molecule has 0 bridgehead atoms. The normalized spacial score (nSPS) is 20.4. The van der Waals surface area contributed by atoms with Gasteiger partial charge in [-0.05, 0) is 80.6 Å². The summed E-state index contributed by atoms with van der Waals surface area (Å²) in [7, 11) is 0. The minimum atomic E-state index is -1.93. The van der Waals surface area contributed by atoms with E-state index in [1.54, 1.807) is 12.1 Å². The molecule has 1 heterocycles. The number of benzene rings is 7. The van der Waals surface area contributed by atoms with Gasteiger partial charge in [-0.25, -0.2) is 0 Å². The van der Waals surface area contributed by atoms with Crippen LogP contribution in [0, 0.1) is 12.8 Å². The topological polar surface area (TPSA) is 155 Å². The SMILES string of the molecule is Cc1c(O)c(O)c2c(-c3ccc4oc5ccc6ccccc6c5c4c3)c3c(c(-c4ccc(-c5cccc6c5C5C=CC=CC5C6(C)C)cc4)c2c1O)=C(O)C(O)C(O)C=3O. The largest absolute Gasteiger partial charge is 0.509 e. The molecule has 0 radical (unpaired) electrons. The third-order valence-corrected chi connectivity index (χ3v) is 13.5. The molecule has 0 aliphatic heterocycles. The number of aliphatic hydroxyl groups excluding tert-OH is 4. The highest BCUT2D eigenvalue weighted by atomic mass is 16.4. The molecule has 7 aromatic carbocycles. The molecule has 4 unspecified atom stereocenters. The maximum Gasteiger partial charge on any atom is 0.166 e. The zero-order valence-electron chi connectivity index (χ0n) is 32.9. The molecule has 0 fully saturated rings. The highest BCUT2D eigenvalue weighted by molar-refractivity contribution is 6.20. The van der Waals surface area contributed by atoms with Gasteiger partial charge in [-0.1, -0.05) is 117 Å². The van der Waals surface area contributed by atoms with E-state index in [0.29, 0.717) is 33.6 Å². The van der Waals surface area contributed by atoms with Crippen LogP contribution in [0.2, 0.25) is 0 Å². The smallest absolute Gasteiger partial charge is 0.166 e. The summed E-state index contributed by atoms with van der Waals surface area (Å²) in [6, 6.07) is 31.1. The fourth-order valence-corrected chi connectivity index (χ4v) is 10.5. The first-order valence-corrected chi connectivity index (χ1v) is 20.1. The molecule has 11 rings (SSSR count). The van der Waals surface area contributed by atoms with Gasteiger partial charge >= 0.3 is 0 Å². The van der Waals surface area contributed by atoms with E-state index in [-0.39, 0.29) is 55.0 Å². The van der Waals surface area contributed by atoms with Crippen LogP contribution < -0.4 is 10.4 Å². The molecule has 8 heteroatoms. The van der Waals surface area contributed by atoms with E-state index in [9.17, 15) is 35.7 Å². The molecule has 0 saturated heterocycles. The highest BCUT2D eigenvalue weighted by Gasteiger charge is 2.45. The first-order valence-electron chi connectivity index (χ1n) is 20.1. The minimum Gasteiger partial charge on any atom is -0.509 e. The summed E-state index contributed by atoms with van der Waals surface area (Å²) in [5, 5.41) is 85.2. The lowest BCUT2D eigenvalue weighted by Gasteiger charge is -2.29. The van der Waals surface area contributed by atoms with E-state index in [1.807, 2.05) is 66.7 Å². The third kappa shape index (κ3) is 4.68. The number of rotatable bonds is 3. The first-order chi connectivity index (χ1) is 28.9. The Kier molecular flexibility index (Phi) is 7.53. The van der Waals surface area contributed by atoms with Crippen LogP contribution in [0.3, 0.4) is 0 Å². The summed E-state index contributed by atoms with van der Waals surface area (Å²) in [6.07, 6.45) is 4.92. The average molecular weight is 793 g/mol. The third-order valence-electron chi connectivity index (χ3n) is 13.5. The van der Waals surface area contributed by atoms with Gasteiger partial charge < -0.3 is 40.2 Å². The van der Waals surface area contributed by atoms with Crippen LogP contribution in [0.4, 0.5) is 0 Å². The van der Waals surface area contributed by atoms with Gasteiger partial charge in [-0.15, -0.1) is 0 Å². The summed E-state index contributed by atoms with van der Waals surface area (Å²) >= 11 is 0. The van der Waals surface area contributed by atoms with Gasteiger partial charge in [0, 0.05) is 54.6 Å². The van der Waals surface area contributed by atoms with E-state index in [0.717, 1.165) is 27.3 Å². The predicted molar refractivity (Wildman–Crippen MR) is 236 cm³/mol. The fourth-order valence-electron chi connectivity index (χ4n) is 10.5. The molecule has 3 aliphatic rings. The molecule has 0 saturated carbocycles. The van der Waals surface area contributed by atoms with Gasteiger partial charge in [-0.3, -0.25) is 0 Å². The van der Waals surface area contributed by atoms with Gasteiger partial charge in [-0.2, -0.15) is 0 Å². The van der Waals surface area contributed by atoms with Gasteiger partial charge in [0.1, 0.15) is 40.6 Å². The van der Waals surface area contributed by atoms with E-state index in [2.05, 4.69) is 56.4 Å². The van der Waals surface area contributed by atoms with E-state index < -0.39 is 35.2 Å². The van der Waals surface area contributed by atoms with Crippen LogP contribution in [-0.4, -0.2) is 48.0 Å². The Hall–Kier alpha value is -7.00. The number of aromatic hydroxyl groups is 3. The van der Waals surface area contributed by atoms with Crippen molar-refractivity contribution in [1.82, 2.24) is 0 Å². The summed E-state index contributed by atoms with van der Waals surface area (Å²) in [4.78, 5) is 0. The van der Waals surface area contributed by atoms with Crippen molar-refractivity contribution >= 4 is 55.0 Å². The first kappa shape index (κ1) is 36.1. The van der Waals surface area contributed by atoms with Crippen LogP contribution >= 0.6 is 0 Å². The Bertz CT molecular complexity index is 3400. The summed E-state index contributed by atoms with van der Waals surface area (Å²) in [5.74, 6) is -2.29. The molecule has 7 N–H and O–H groups in total. The molecule has 8 nitrogen and oxygen atoms in total. The van der Waals surface area contributed by atoms with Crippen molar-refractivity contribution in [3.05, 3.63) is 148 Å². The Labute approximate surface area is 343 Å². The highest BCUT2D eigenvalue weighted by Crippen LogP contribution is 2.56. The van der Waals surface area contributed by atoms with Crippen LogP contribution in [0.15, 0.2) is 126 Å². The summed E-state index contributed by atoms with van der Waals surface area (Å²) in [6.45, 7) is 6.03. The zero-order chi connectivity index (χ0) is 41.5. The predicted octanol–water partition coefficient (Wildman–Crippen LogP) is 9.50. The number of phenols is 3. The molecular weight excluding hydrogens is 753 g/mol. The van der Waals surface area contributed by atoms with Gasteiger partial charge in [0.15, 0.2) is 11.5 Å². The second-order valence-corrected chi connectivity index (χ2v) is 16.9. The maximum absolute atomic E-state index is 12.1. The van der Waals surface area contributed by atoms with Crippen molar-refractivity contribution in [1.29, 1.82) is 0 Å². The number of hydrogen-bond acceptors (Lipinski definition) is 8. The van der Waals surface area contributed by atoms with E-state index >= 15 is 0 Å². The van der Waals surface area contributed by atoms with Crippen LogP contribution in [0.25, 0.3) is 88.4 Å². The average Bonchev–Trinajstić information content (AvgIpc) is 3.77. The van der Waals surface area contributed by atoms with Crippen LogP contribution in [-0.2, 0) is 5.41 Å². The lowest BCUT2D eigenvalue weighted by Crippen LogP contribution is -2.47. The molecule has 4 atom stereocenters. The molecule has 296 valence electrons. The molecule has 0 amide bonds. The van der Waals surface area contributed by atoms with Gasteiger partial charge in [0.2, 0.25) is 0 Å². The van der Waals surface area contributed by atoms with Crippen molar-refractivity contribution in [3.8, 4) is 50.6 Å². The second-order valence-electron chi connectivity index (χ2n) is 16.9. The molecule has 0 spiro atoms. The number of hydrogen-bond donors (Lipinski definition) is 7. The maximum atomic E-state index is 12.1. The fraction of sp³-hybridized carbons (Fsp3) is 0.154. The number of allylic oxidation sites excluding steroid dienone is 4. The minimum absolute atomic E-state index is 0.0118. The van der Waals surface area contributed by atoms with E-state index in [4.69, 9.17) is 4.42 Å². The van der Waals surface area contributed by atoms with Crippen molar-refractivity contribution in [3.63, 3.8) is 0 Å². The molecule has 3 aliphatic carbocycles. The van der Waals surface area contributed by atoms with Gasteiger partial charge in [0.05, 0.1) is 0 Å². The Balaban J connectivity index is 1.22. The second kappa shape index (κ2) is 12.5. The quantitative estimate of drug-likeness (QED) is 0.0690. The van der Waals surface area contributed by atoms with Crippen molar-refractivity contribution in [2.24, 2.45) is 5.92 Å². The number of fused-ring (bicyclic) bond motifs is 10. The number of phenolic OH excluding ortho intramolecular Hbond substituents is 3. The molecule has 60 heavy (non-hydrogen) atoms. The van der Waals surface area contributed by atoms with Crippen molar-refractivity contribution in [2.75, 3.05) is 0 Å². The molecular formula is C52H40O8. The number of aliphatic hydroxyl groups is 4. The van der Waals surface area contributed by atoms with Crippen LogP contribution in [0.5, 0.6) is 17.2 Å². The van der Waals surface area contributed by atoms with Crippen molar-refractivity contribution < 1.29 is 40.2 Å². The Morgan fingerprint density at radius 1 is 0.567 bits per heavy atom. The van der Waals surface area contributed by atoms with Crippen molar-refractivity contribution in [2.45, 2.75) is 44.3 Å². The number of furan rings is 1. The van der Waals surface area contributed by atoms with Gasteiger partial charge in [0.25, 0.3) is 0 Å². The summed E-state index contributed by atoms with van der Waals surface area (Å²) < 4.78 is 6.27. The standard InChI is InChI=1S/C52H40O8/c1-24-45(53)41-37(27-17-15-26(16-18-27)29-12-8-14-34-39(29)31-11-6-7-13-33(31)52(34,2)3)42-44(49(57)51(59)50(58)48(42)56)38(43(41)47(55)46(24)54)28-20-21-35-32(23-28)40-30-10-5-4-9-25(30)19-22-36(40)60-35/h4-23,31,33,50-51,53-59H,1-3H3. The van der Waals surface area contributed by atoms with E-state index in [1.165, 1.54) is 18.1 Å².